The number of nitrogens with one attached hydrogen (secondary N) is 1. The van der Waals surface area contributed by atoms with Crippen LogP contribution in [-0.4, -0.2) is 62.0 Å². The Morgan fingerprint density at radius 3 is 2.96 bits per heavy atom. The molecule has 1 aromatic rings. The summed E-state index contributed by atoms with van der Waals surface area (Å²) in [5.41, 5.74) is 0. The van der Waals surface area contributed by atoms with Crippen molar-refractivity contribution in [2.24, 2.45) is 17.8 Å². The summed E-state index contributed by atoms with van der Waals surface area (Å²) in [6.07, 6.45) is 4.71. The molecule has 0 aromatic carbocycles. The Kier molecular flexibility index (Phi) is 4.78. The monoisotopic (exact) mass is 317 g/mol. The standard InChI is InChI=1S/C18H27N3O2/c1-2-6-19-18(3-1)20-9-15-13-23-17-12-21(11-16(15)17)10-14-4-7-22-8-5-14/h1-3,6,14-17H,4-5,7-13H2,(H,19,20)/t15-,16+,17+/m1/s1. The van der Waals surface area contributed by atoms with Crippen LogP contribution in [0.4, 0.5) is 5.82 Å². The minimum Gasteiger partial charge on any atom is -0.381 e. The lowest BCUT2D eigenvalue weighted by molar-refractivity contribution is 0.0489. The van der Waals surface area contributed by atoms with E-state index in [0.717, 1.165) is 44.6 Å². The Bertz CT molecular complexity index is 492. The van der Waals surface area contributed by atoms with Crippen LogP contribution in [-0.2, 0) is 9.47 Å². The largest absolute Gasteiger partial charge is 0.381 e. The van der Waals surface area contributed by atoms with Gasteiger partial charge in [0.2, 0.25) is 0 Å². The summed E-state index contributed by atoms with van der Waals surface area (Å²) in [6.45, 7) is 7.26. The number of hydrogen-bond acceptors (Lipinski definition) is 5. The van der Waals surface area contributed by atoms with Crippen molar-refractivity contribution in [2.45, 2.75) is 18.9 Å². The molecule has 0 unspecified atom stereocenters. The predicted molar refractivity (Wildman–Crippen MR) is 89.4 cm³/mol. The maximum absolute atomic E-state index is 6.07. The molecule has 0 radical (unpaired) electrons. The zero-order valence-corrected chi connectivity index (χ0v) is 13.7. The van der Waals surface area contributed by atoms with Gasteiger partial charge in [0.05, 0.1) is 12.7 Å². The van der Waals surface area contributed by atoms with Crippen molar-refractivity contribution in [1.29, 1.82) is 0 Å². The fourth-order valence-corrected chi connectivity index (χ4v) is 4.24. The smallest absolute Gasteiger partial charge is 0.125 e. The van der Waals surface area contributed by atoms with E-state index in [0.29, 0.717) is 17.9 Å². The molecule has 0 spiro atoms. The van der Waals surface area contributed by atoms with Crippen molar-refractivity contribution < 1.29 is 9.47 Å². The molecule has 1 aromatic heterocycles. The quantitative estimate of drug-likeness (QED) is 0.898. The molecule has 0 saturated carbocycles. The Hall–Kier alpha value is -1.17. The van der Waals surface area contributed by atoms with Gasteiger partial charge < -0.3 is 19.7 Å². The van der Waals surface area contributed by atoms with E-state index in [-0.39, 0.29) is 0 Å². The second kappa shape index (κ2) is 7.16. The molecule has 5 heteroatoms. The van der Waals surface area contributed by atoms with Crippen molar-refractivity contribution in [3.8, 4) is 0 Å². The lowest BCUT2D eigenvalue weighted by Crippen LogP contribution is -2.33. The van der Waals surface area contributed by atoms with Gasteiger partial charge in [-0.1, -0.05) is 6.07 Å². The summed E-state index contributed by atoms with van der Waals surface area (Å²) in [5, 5.41) is 3.47. The van der Waals surface area contributed by atoms with Gasteiger partial charge in [-0.3, -0.25) is 0 Å². The number of nitrogens with zero attached hydrogens (tertiary/aromatic N) is 2. The van der Waals surface area contributed by atoms with E-state index in [4.69, 9.17) is 9.47 Å². The Morgan fingerprint density at radius 2 is 2.13 bits per heavy atom. The number of ether oxygens (including phenoxy) is 2. The Balaban J connectivity index is 1.27. The summed E-state index contributed by atoms with van der Waals surface area (Å²) in [6, 6.07) is 6.00. The summed E-state index contributed by atoms with van der Waals surface area (Å²) in [5.74, 6) is 3.05. The number of rotatable bonds is 5. The molecular formula is C18H27N3O2. The van der Waals surface area contributed by atoms with Crippen LogP contribution in [0.1, 0.15) is 12.8 Å². The second-order valence-electron chi connectivity index (χ2n) is 7.17. The molecule has 4 rings (SSSR count). The molecule has 0 aliphatic carbocycles. The molecule has 3 fully saturated rings. The van der Waals surface area contributed by atoms with Crippen LogP contribution in [0.15, 0.2) is 24.4 Å². The van der Waals surface area contributed by atoms with Crippen molar-refractivity contribution in [3.63, 3.8) is 0 Å². The van der Waals surface area contributed by atoms with Crippen LogP contribution in [0, 0.1) is 17.8 Å². The lowest BCUT2D eigenvalue weighted by atomic mass is 9.93. The van der Waals surface area contributed by atoms with Gasteiger partial charge in [-0.2, -0.15) is 0 Å². The van der Waals surface area contributed by atoms with Crippen molar-refractivity contribution >= 4 is 5.82 Å². The first-order chi connectivity index (χ1) is 11.4. The molecule has 0 bridgehead atoms. The molecule has 3 saturated heterocycles. The van der Waals surface area contributed by atoms with Gasteiger partial charge in [0.25, 0.3) is 0 Å². The van der Waals surface area contributed by atoms with E-state index in [9.17, 15) is 0 Å². The number of pyridine rings is 1. The summed E-state index contributed by atoms with van der Waals surface area (Å²) >= 11 is 0. The number of aromatic nitrogens is 1. The highest BCUT2D eigenvalue weighted by Crippen LogP contribution is 2.34. The maximum Gasteiger partial charge on any atom is 0.125 e. The van der Waals surface area contributed by atoms with Gasteiger partial charge in [-0.25, -0.2) is 4.98 Å². The molecule has 3 atom stereocenters. The lowest BCUT2D eigenvalue weighted by Gasteiger charge is -2.27. The van der Waals surface area contributed by atoms with Gasteiger partial charge in [0, 0.05) is 57.4 Å². The zero-order chi connectivity index (χ0) is 15.5. The first-order valence-corrected chi connectivity index (χ1v) is 8.95. The predicted octanol–water partition coefficient (Wildman–Crippen LogP) is 1.87. The van der Waals surface area contributed by atoms with Gasteiger partial charge >= 0.3 is 0 Å². The van der Waals surface area contributed by atoms with Gasteiger partial charge in [-0.05, 0) is 30.9 Å². The average molecular weight is 317 g/mol. The van der Waals surface area contributed by atoms with Gasteiger partial charge in [0.1, 0.15) is 5.82 Å². The molecule has 1 N–H and O–H groups in total. The molecule has 4 heterocycles. The Labute approximate surface area is 138 Å². The normalized spacial score (nSPS) is 32.1. The topological polar surface area (TPSA) is 46.6 Å². The van der Waals surface area contributed by atoms with Crippen molar-refractivity contribution in [1.82, 2.24) is 9.88 Å². The third kappa shape index (κ3) is 3.67. The fourth-order valence-electron chi connectivity index (χ4n) is 4.24. The summed E-state index contributed by atoms with van der Waals surface area (Å²) in [4.78, 5) is 6.97. The SMILES string of the molecule is c1ccc(NC[C@@H]2CO[C@H]3CN(CC4CCOCC4)C[C@@H]23)nc1. The van der Waals surface area contributed by atoms with Crippen LogP contribution in [0.5, 0.6) is 0 Å². The molecule has 5 nitrogen and oxygen atoms in total. The third-order valence-corrected chi connectivity index (χ3v) is 5.58. The minimum atomic E-state index is 0.436. The highest BCUT2D eigenvalue weighted by atomic mass is 16.5. The van der Waals surface area contributed by atoms with Crippen molar-refractivity contribution in [3.05, 3.63) is 24.4 Å². The van der Waals surface area contributed by atoms with E-state index >= 15 is 0 Å². The minimum absolute atomic E-state index is 0.436. The first kappa shape index (κ1) is 15.4. The zero-order valence-electron chi connectivity index (χ0n) is 13.7. The third-order valence-electron chi connectivity index (χ3n) is 5.58. The van der Waals surface area contributed by atoms with E-state index in [2.05, 4.69) is 15.2 Å². The summed E-state index contributed by atoms with van der Waals surface area (Å²) < 4.78 is 11.5. The molecular weight excluding hydrogens is 290 g/mol. The molecule has 3 aliphatic heterocycles. The van der Waals surface area contributed by atoms with E-state index in [1.165, 1.54) is 25.9 Å². The van der Waals surface area contributed by atoms with Gasteiger partial charge in [0.15, 0.2) is 0 Å². The van der Waals surface area contributed by atoms with E-state index < -0.39 is 0 Å². The fraction of sp³-hybridized carbons (Fsp3) is 0.722. The van der Waals surface area contributed by atoms with Crippen molar-refractivity contribution in [2.75, 3.05) is 51.3 Å². The number of fused-ring (bicyclic) bond motifs is 1. The number of likely N-dealkylation sites (tertiary alicyclic amines) is 1. The highest BCUT2D eigenvalue weighted by Gasteiger charge is 2.43. The van der Waals surface area contributed by atoms with Crippen LogP contribution < -0.4 is 5.32 Å². The van der Waals surface area contributed by atoms with Gasteiger partial charge in [-0.15, -0.1) is 0 Å². The molecule has 23 heavy (non-hydrogen) atoms. The molecule has 3 aliphatic rings. The maximum atomic E-state index is 6.07. The second-order valence-corrected chi connectivity index (χ2v) is 7.17. The first-order valence-electron chi connectivity index (χ1n) is 8.95. The van der Waals surface area contributed by atoms with Crippen LogP contribution in [0.3, 0.4) is 0 Å². The average Bonchev–Trinajstić information content (AvgIpc) is 3.15. The number of anilines is 1. The molecule has 126 valence electrons. The van der Waals surface area contributed by atoms with E-state index in [1.807, 2.05) is 24.4 Å². The number of hydrogen-bond donors (Lipinski definition) is 1. The summed E-state index contributed by atoms with van der Waals surface area (Å²) in [7, 11) is 0. The van der Waals surface area contributed by atoms with Crippen LogP contribution >= 0.6 is 0 Å². The Morgan fingerprint density at radius 1 is 1.22 bits per heavy atom. The highest BCUT2D eigenvalue weighted by molar-refractivity contribution is 5.33. The van der Waals surface area contributed by atoms with Crippen LogP contribution in [0.25, 0.3) is 0 Å². The molecule has 0 amide bonds. The van der Waals surface area contributed by atoms with E-state index in [1.54, 1.807) is 0 Å². The van der Waals surface area contributed by atoms with Crippen LogP contribution in [0.2, 0.25) is 0 Å².